The van der Waals surface area contributed by atoms with Gasteiger partial charge >= 0.3 is 5.69 Å². The Hall–Kier alpha value is -1.03. The molecule has 1 saturated heterocycles. The first-order valence-corrected chi connectivity index (χ1v) is 4.73. The standard InChI is InChI=1S/C9H12N2O2/c12-9-10(5-8-6-13-8)3-4-11(9)7-1-2-7/h3-4,7-8H,1-2,5-6H2. The second-order valence-corrected chi connectivity index (χ2v) is 3.83. The molecule has 0 spiro atoms. The molecule has 0 amide bonds. The van der Waals surface area contributed by atoms with E-state index < -0.39 is 0 Å². The summed E-state index contributed by atoms with van der Waals surface area (Å²) in [5, 5.41) is 0. The number of epoxide rings is 1. The molecule has 0 radical (unpaired) electrons. The Morgan fingerprint density at radius 1 is 1.46 bits per heavy atom. The normalized spacial score (nSPS) is 26.3. The van der Waals surface area contributed by atoms with Gasteiger partial charge in [0.1, 0.15) is 0 Å². The van der Waals surface area contributed by atoms with E-state index in [0.717, 1.165) is 26.0 Å². The van der Waals surface area contributed by atoms with E-state index in [4.69, 9.17) is 4.74 Å². The van der Waals surface area contributed by atoms with Gasteiger partial charge in [0.2, 0.25) is 0 Å². The fourth-order valence-electron chi connectivity index (χ4n) is 1.59. The third-order valence-corrected chi connectivity index (χ3v) is 2.62. The smallest absolute Gasteiger partial charge is 0.328 e. The van der Waals surface area contributed by atoms with Crippen LogP contribution >= 0.6 is 0 Å². The molecular weight excluding hydrogens is 168 g/mol. The van der Waals surface area contributed by atoms with Crippen molar-refractivity contribution in [1.29, 1.82) is 0 Å². The van der Waals surface area contributed by atoms with Crippen molar-refractivity contribution < 1.29 is 4.74 Å². The molecule has 3 rings (SSSR count). The summed E-state index contributed by atoms with van der Waals surface area (Å²) in [6.45, 7) is 1.53. The van der Waals surface area contributed by atoms with E-state index in [2.05, 4.69) is 0 Å². The average Bonchev–Trinajstić information content (AvgIpc) is 2.97. The molecule has 70 valence electrons. The Morgan fingerprint density at radius 3 is 2.85 bits per heavy atom. The van der Waals surface area contributed by atoms with Crippen molar-refractivity contribution in [3.05, 3.63) is 22.9 Å². The van der Waals surface area contributed by atoms with E-state index in [0.29, 0.717) is 6.04 Å². The van der Waals surface area contributed by atoms with Gasteiger partial charge in [0.05, 0.1) is 19.3 Å². The summed E-state index contributed by atoms with van der Waals surface area (Å²) < 4.78 is 8.67. The van der Waals surface area contributed by atoms with Crippen LogP contribution in [0, 0.1) is 0 Å². The number of aromatic nitrogens is 2. The Bertz CT molecular complexity index is 371. The van der Waals surface area contributed by atoms with E-state index in [1.807, 2.05) is 17.0 Å². The maximum Gasteiger partial charge on any atom is 0.328 e. The third-order valence-electron chi connectivity index (χ3n) is 2.62. The molecule has 0 N–H and O–H groups in total. The molecule has 1 aliphatic heterocycles. The molecule has 1 aliphatic carbocycles. The highest BCUT2D eigenvalue weighted by Gasteiger charge is 2.28. The van der Waals surface area contributed by atoms with E-state index >= 15 is 0 Å². The molecule has 0 bridgehead atoms. The third kappa shape index (κ3) is 1.31. The number of imidazole rings is 1. The zero-order chi connectivity index (χ0) is 8.84. The average molecular weight is 180 g/mol. The number of nitrogens with zero attached hydrogens (tertiary/aromatic N) is 2. The van der Waals surface area contributed by atoms with Crippen molar-refractivity contribution >= 4 is 0 Å². The lowest BCUT2D eigenvalue weighted by atomic mass is 10.5. The molecule has 2 fully saturated rings. The van der Waals surface area contributed by atoms with Gasteiger partial charge < -0.3 is 4.74 Å². The minimum absolute atomic E-state index is 0.123. The summed E-state index contributed by atoms with van der Waals surface area (Å²) in [5.41, 5.74) is 0.123. The van der Waals surface area contributed by atoms with Gasteiger partial charge in [-0.3, -0.25) is 9.13 Å². The summed E-state index contributed by atoms with van der Waals surface area (Å²) in [6.07, 6.45) is 6.35. The van der Waals surface area contributed by atoms with Gasteiger partial charge in [-0.1, -0.05) is 0 Å². The van der Waals surface area contributed by atoms with Crippen molar-refractivity contribution in [3.8, 4) is 0 Å². The van der Waals surface area contributed by atoms with Crippen molar-refractivity contribution in [2.45, 2.75) is 31.5 Å². The van der Waals surface area contributed by atoms with Crippen molar-refractivity contribution in [1.82, 2.24) is 9.13 Å². The highest BCUT2D eigenvalue weighted by molar-refractivity contribution is 4.92. The minimum atomic E-state index is 0.123. The van der Waals surface area contributed by atoms with Gasteiger partial charge in [0, 0.05) is 18.4 Å². The molecule has 1 unspecified atom stereocenters. The molecule has 4 nitrogen and oxygen atoms in total. The zero-order valence-electron chi connectivity index (χ0n) is 7.35. The van der Waals surface area contributed by atoms with Crippen molar-refractivity contribution in [2.24, 2.45) is 0 Å². The van der Waals surface area contributed by atoms with Gasteiger partial charge in [0.25, 0.3) is 0 Å². The van der Waals surface area contributed by atoms with Crippen LogP contribution in [0.25, 0.3) is 0 Å². The van der Waals surface area contributed by atoms with Gasteiger partial charge in [-0.15, -0.1) is 0 Å². The largest absolute Gasteiger partial charge is 0.371 e. The number of ether oxygens (including phenoxy) is 1. The van der Waals surface area contributed by atoms with Crippen LogP contribution in [0.4, 0.5) is 0 Å². The van der Waals surface area contributed by atoms with Crippen LogP contribution in [0.2, 0.25) is 0 Å². The Kier molecular flexibility index (Phi) is 1.41. The molecule has 2 heterocycles. The maximum absolute atomic E-state index is 11.7. The number of hydrogen-bond donors (Lipinski definition) is 0. The van der Waals surface area contributed by atoms with Gasteiger partial charge in [0.15, 0.2) is 0 Å². The first-order chi connectivity index (χ1) is 6.34. The second kappa shape index (κ2) is 2.48. The molecule has 1 saturated carbocycles. The minimum Gasteiger partial charge on any atom is -0.371 e. The zero-order valence-corrected chi connectivity index (χ0v) is 7.35. The van der Waals surface area contributed by atoms with Crippen molar-refractivity contribution in [3.63, 3.8) is 0 Å². The van der Waals surface area contributed by atoms with Crippen LogP contribution in [0.1, 0.15) is 18.9 Å². The van der Waals surface area contributed by atoms with Crippen molar-refractivity contribution in [2.75, 3.05) is 6.61 Å². The fourth-order valence-corrected chi connectivity index (χ4v) is 1.59. The molecule has 2 aliphatic rings. The molecular formula is C9H12N2O2. The van der Waals surface area contributed by atoms with E-state index in [1.165, 1.54) is 0 Å². The van der Waals surface area contributed by atoms with Crippen LogP contribution in [0.15, 0.2) is 17.2 Å². The van der Waals surface area contributed by atoms with Crippen LogP contribution in [0.5, 0.6) is 0 Å². The Morgan fingerprint density at radius 2 is 2.23 bits per heavy atom. The predicted octanol–water partition coefficient (Wildman–Crippen LogP) is 0.383. The van der Waals surface area contributed by atoms with E-state index in [1.54, 1.807) is 4.57 Å². The highest BCUT2D eigenvalue weighted by atomic mass is 16.6. The second-order valence-electron chi connectivity index (χ2n) is 3.83. The Balaban J connectivity index is 1.87. The van der Waals surface area contributed by atoms with Crippen LogP contribution in [0.3, 0.4) is 0 Å². The molecule has 0 aromatic carbocycles. The molecule has 1 atom stereocenters. The monoisotopic (exact) mass is 180 g/mol. The van der Waals surface area contributed by atoms with Gasteiger partial charge in [-0.25, -0.2) is 4.79 Å². The molecule has 1 aromatic heterocycles. The van der Waals surface area contributed by atoms with Crippen LogP contribution in [-0.4, -0.2) is 21.8 Å². The summed E-state index contributed by atoms with van der Waals surface area (Å²) in [7, 11) is 0. The SMILES string of the molecule is O=c1n(CC2CO2)ccn1C1CC1. The topological polar surface area (TPSA) is 39.5 Å². The summed E-state index contributed by atoms with van der Waals surface area (Å²) in [5.74, 6) is 0. The number of hydrogen-bond acceptors (Lipinski definition) is 2. The summed E-state index contributed by atoms with van der Waals surface area (Å²) in [4.78, 5) is 11.7. The quantitative estimate of drug-likeness (QED) is 0.631. The maximum atomic E-state index is 11.7. The highest BCUT2D eigenvalue weighted by Crippen LogP contribution is 2.33. The molecule has 13 heavy (non-hydrogen) atoms. The predicted molar refractivity (Wildman–Crippen MR) is 46.7 cm³/mol. The number of rotatable bonds is 3. The summed E-state index contributed by atoms with van der Waals surface area (Å²) in [6, 6.07) is 0.480. The lowest BCUT2D eigenvalue weighted by Gasteiger charge is -1.97. The van der Waals surface area contributed by atoms with Crippen LogP contribution < -0.4 is 5.69 Å². The van der Waals surface area contributed by atoms with E-state index in [-0.39, 0.29) is 11.8 Å². The molecule has 4 heteroatoms. The van der Waals surface area contributed by atoms with E-state index in [9.17, 15) is 4.79 Å². The lowest BCUT2D eigenvalue weighted by Crippen LogP contribution is -2.24. The first-order valence-electron chi connectivity index (χ1n) is 4.73. The van der Waals surface area contributed by atoms with Gasteiger partial charge in [-0.05, 0) is 12.8 Å². The van der Waals surface area contributed by atoms with Gasteiger partial charge in [-0.2, -0.15) is 0 Å². The first kappa shape index (κ1) is 7.38. The lowest BCUT2D eigenvalue weighted by molar-refractivity contribution is 0.379. The summed E-state index contributed by atoms with van der Waals surface area (Å²) >= 11 is 0. The Labute approximate surface area is 75.7 Å². The fraction of sp³-hybridized carbons (Fsp3) is 0.667. The van der Waals surface area contributed by atoms with Crippen LogP contribution in [-0.2, 0) is 11.3 Å². The molecule has 1 aromatic rings.